The van der Waals surface area contributed by atoms with Crippen LogP contribution < -0.4 is 5.32 Å². The second-order valence-corrected chi connectivity index (χ2v) is 5.62. The van der Waals surface area contributed by atoms with Crippen molar-refractivity contribution in [3.63, 3.8) is 0 Å². The first-order chi connectivity index (χ1) is 11.7. The van der Waals surface area contributed by atoms with E-state index in [0.717, 1.165) is 16.6 Å². The maximum absolute atomic E-state index is 9.42. The summed E-state index contributed by atoms with van der Waals surface area (Å²) >= 11 is 6.04. The fourth-order valence-electron chi connectivity index (χ4n) is 2.51. The van der Waals surface area contributed by atoms with Gasteiger partial charge in [-0.15, -0.1) is 0 Å². The van der Waals surface area contributed by atoms with E-state index in [1.165, 1.54) is 12.5 Å². The summed E-state index contributed by atoms with van der Waals surface area (Å²) in [5.41, 5.74) is 3.07. The molecule has 0 aliphatic rings. The quantitative estimate of drug-likeness (QED) is 0.523. The van der Waals surface area contributed by atoms with Gasteiger partial charge in [0.1, 0.15) is 23.5 Å². The summed E-state index contributed by atoms with van der Waals surface area (Å²) in [4.78, 5) is 16.0. The van der Waals surface area contributed by atoms with E-state index in [0.29, 0.717) is 22.2 Å². The molecule has 118 valence electrons. The lowest BCUT2D eigenvalue weighted by Crippen LogP contribution is -1.96. The fourth-order valence-corrected chi connectivity index (χ4v) is 2.70. The molecule has 24 heavy (non-hydrogen) atoms. The SMILES string of the molecule is Oc1ccc(-c2c[nH]c3ncnc(Nc4cccc(Cl)c4)c23)nc1. The molecule has 0 aliphatic heterocycles. The minimum Gasteiger partial charge on any atom is -0.506 e. The third-order valence-electron chi connectivity index (χ3n) is 3.58. The average Bonchev–Trinajstić information content (AvgIpc) is 3.01. The van der Waals surface area contributed by atoms with Crippen molar-refractivity contribution < 1.29 is 5.11 Å². The maximum Gasteiger partial charge on any atom is 0.144 e. The van der Waals surface area contributed by atoms with E-state index in [4.69, 9.17) is 11.6 Å². The standard InChI is InChI=1S/C17H12ClN5O/c18-10-2-1-3-11(6-10)23-17-15-13(8-20-16(15)21-9-22-17)14-5-4-12(24)7-19-14/h1-9,24H,(H2,20,21,22,23). The number of halogens is 1. The molecule has 4 aromatic rings. The zero-order valence-electron chi connectivity index (χ0n) is 12.4. The summed E-state index contributed by atoms with van der Waals surface area (Å²) in [5.74, 6) is 0.764. The zero-order chi connectivity index (χ0) is 16.5. The number of hydrogen-bond donors (Lipinski definition) is 3. The predicted molar refractivity (Wildman–Crippen MR) is 93.5 cm³/mol. The molecular formula is C17H12ClN5O. The number of nitrogens with one attached hydrogen (secondary N) is 2. The molecule has 3 N–H and O–H groups in total. The van der Waals surface area contributed by atoms with E-state index in [1.807, 2.05) is 30.5 Å². The van der Waals surface area contributed by atoms with E-state index < -0.39 is 0 Å². The summed E-state index contributed by atoms with van der Waals surface area (Å²) in [6.45, 7) is 0. The van der Waals surface area contributed by atoms with Gasteiger partial charge in [-0.2, -0.15) is 0 Å². The Morgan fingerprint density at radius 2 is 2.00 bits per heavy atom. The highest BCUT2D eigenvalue weighted by atomic mass is 35.5. The predicted octanol–water partition coefficient (Wildman–Crippen LogP) is 4.12. The number of pyridine rings is 1. The van der Waals surface area contributed by atoms with Crippen molar-refractivity contribution in [3.05, 3.63) is 60.1 Å². The first kappa shape index (κ1) is 14.5. The average molecular weight is 338 g/mol. The molecule has 4 rings (SSSR count). The zero-order valence-corrected chi connectivity index (χ0v) is 13.1. The molecule has 0 bridgehead atoms. The Bertz CT molecular complexity index is 1010. The molecule has 0 saturated heterocycles. The highest BCUT2D eigenvalue weighted by molar-refractivity contribution is 6.30. The first-order valence-electron chi connectivity index (χ1n) is 7.21. The summed E-state index contributed by atoms with van der Waals surface area (Å²) in [7, 11) is 0. The van der Waals surface area contributed by atoms with Crippen molar-refractivity contribution in [1.82, 2.24) is 19.9 Å². The maximum atomic E-state index is 9.42. The molecule has 7 heteroatoms. The smallest absolute Gasteiger partial charge is 0.144 e. The van der Waals surface area contributed by atoms with Crippen molar-refractivity contribution in [2.75, 3.05) is 5.32 Å². The van der Waals surface area contributed by atoms with Crippen molar-refractivity contribution in [2.45, 2.75) is 0 Å². The minimum atomic E-state index is 0.118. The van der Waals surface area contributed by atoms with Gasteiger partial charge in [0.25, 0.3) is 0 Å². The fraction of sp³-hybridized carbons (Fsp3) is 0. The van der Waals surface area contributed by atoms with Crippen LogP contribution >= 0.6 is 11.6 Å². The number of hydrogen-bond acceptors (Lipinski definition) is 5. The van der Waals surface area contributed by atoms with Gasteiger partial charge in [0, 0.05) is 22.5 Å². The van der Waals surface area contributed by atoms with E-state index in [1.54, 1.807) is 12.1 Å². The van der Waals surface area contributed by atoms with Crippen LogP contribution in [0, 0.1) is 0 Å². The Hall–Kier alpha value is -3.12. The third kappa shape index (κ3) is 2.63. The van der Waals surface area contributed by atoms with Crippen molar-refractivity contribution >= 4 is 34.1 Å². The third-order valence-corrected chi connectivity index (χ3v) is 3.82. The molecule has 0 radical (unpaired) electrons. The highest BCUT2D eigenvalue weighted by Crippen LogP contribution is 2.32. The second-order valence-electron chi connectivity index (χ2n) is 5.19. The molecule has 0 saturated carbocycles. The van der Waals surface area contributed by atoms with Crippen LogP contribution in [0.2, 0.25) is 5.02 Å². The Morgan fingerprint density at radius 1 is 1.08 bits per heavy atom. The van der Waals surface area contributed by atoms with Gasteiger partial charge in [-0.25, -0.2) is 9.97 Å². The van der Waals surface area contributed by atoms with Gasteiger partial charge in [0.2, 0.25) is 0 Å². The van der Waals surface area contributed by atoms with Crippen molar-refractivity contribution in [3.8, 4) is 17.0 Å². The number of aromatic nitrogens is 4. The Kier molecular flexibility index (Phi) is 3.51. The van der Waals surface area contributed by atoms with Crippen LogP contribution in [-0.2, 0) is 0 Å². The lowest BCUT2D eigenvalue weighted by molar-refractivity contribution is 0.473. The minimum absolute atomic E-state index is 0.118. The summed E-state index contributed by atoms with van der Waals surface area (Å²) in [6, 6.07) is 10.7. The van der Waals surface area contributed by atoms with Gasteiger partial charge >= 0.3 is 0 Å². The normalized spacial score (nSPS) is 10.9. The number of aromatic hydroxyl groups is 1. The number of rotatable bonds is 3. The molecule has 1 aromatic carbocycles. The number of benzene rings is 1. The van der Waals surface area contributed by atoms with Gasteiger partial charge in [0.05, 0.1) is 17.3 Å². The Labute approximate surface area is 142 Å². The number of anilines is 2. The van der Waals surface area contributed by atoms with Crippen molar-refractivity contribution in [1.29, 1.82) is 0 Å². The van der Waals surface area contributed by atoms with Crippen LogP contribution in [0.1, 0.15) is 0 Å². The van der Waals surface area contributed by atoms with Crippen LogP contribution in [0.15, 0.2) is 55.1 Å². The van der Waals surface area contributed by atoms with Crippen LogP contribution in [0.4, 0.5) is 11.5 Å². The molecule has 0 spiro atoms. The molecule has 0 fully saturated rings. The largest absolute Gasteiger partial charge is 0.506 e. The molecule has 3 aromatic heterocycles. The van der Waals surface area contributed by atoms with Crippen LogP contribution in [0.5, 0.6) is 5.75 Å². The topological polar surface area (TPSA) is 86.7 Å². The molecule has 3 heterocycles. The van der Waals surface area contributed by atoms with Crippen molar-refractivity contribution in [2.24, 2.45) is 0 Å². The van der Waals surface area contributed by atoms with Crippen LogP contribution in [0.3, 0.4) is 0 Å². The Morgan fingerprint density at radius 3 is 2.79 bits per heavy atom. The van der Waals surface area contributed by atoms with Crippen LogP contribution in [-0.4, -0.2) is 25.0 Å². The van der Waals surface area contributed by atoms with Gasteiger partial charge in [-0.1, -0.05) is 17.7 Å². The molecular weight excluding hydrogens is 326 g/mol. The number of fused-ring (bicyclic) bond motifs is 1. The monoisotopic (exact) mass is 337 g/mol. The second kappa shape index (κ2) is 5.82. The first-order valence-corrected chi connectivity index (χ1v) is 7.58. The van der Waals surface area contributed by atoms with Gasteiger partial charge in [-0.05, 0) is 30.3 Å². The van der Waals surface area contributed by atoms with Gasteiger partial charge in [0.15, 0.2) is 0 Å². The molecule has 0 aliphatic carbocycles. The Balaban J connectivity index is 1.84. The molecule has 0 unspecified atom stereocenters. The lowest BCUT2D eigenvalue weighted by Gasteiger charge is -2.08. The van der Waals surface area contributed by atoms with Gasteiger partial charge in [-0.3, -0.25) is 4.98 Å². The highest BCUT2D eigenvalue weighted by Gasteiger charge is 2.14. The van der Waals surface area contributed by atoms with E-state index >= 15 is 0 Å². The van der Waals surface area contributed by atoms with E-state index in [2.05, 4.69) is 25.3 Å². The summed E-state index contributed by atoms with van der Waals surface area (Å²) < 4.78 is 0. The summed E-state index contributed by atoms with van der Waals surface area (Å²) in [5, 5.41) is 14.1. The number of nitrogens with zero attached hydrogens (tertiary/aromatic N) is 3. The number of aromatic amines is 1. The van der Waals surface area contributed by atoms with Crippen LogP contribution in [0.25, 0.3) is 22.3 Å². The van der Waals surface area contributed by atoms with Gasteiger partial charge < -0.3 is 15.4 Å². The van der Waals surface area contributed by atoms with E-state index in [-0.39, 0.29) is 5.75 Å². The summed E-state index contributed by atoms with van der Waals surface area (Å²) in [6.07, 6.45) is 4.71. The number of H-pyrrole nitrogens is 1. The molecule has 6 nitrogen and oxygen atoms in total. The van der Waals surface area contributed by atoms with E-state index in [9.17, 15) is 5.11 Å². The molecule has 0 amide bonds. The molecule has 0 atom stereocenters. The lowest BCUT2D eigenvalue weighted by atomic mass is 10.1.